The Morgan fingerprint density at radius 1 is 0.860 bits per heavy atom. The molecule has 1 saturated heterocycles. The monoisotopic (exact) mass is 582 g/mol. The minimum absolute atomic E-state index is 0.476. The largest absolute Gasteiger partial charge is 0.473 e. The van der Waals surface area contributed by atoms with Crippen LogP contribution in [0.2, 0.25) is 0 Å². The van der Waals surface area contributed by atoms with Gasteiger partial charge in [0.2, 0.25) is 5.88 Å². The maximum atomic E-state index is 5.89. The molecular formula is C34H42N6O3. The molecule has 0 atom stereocenters. The molecule has 0 bridgehead atoms. The first-order valence-corrected chi connectivity index (χ1v) is 15.2. The fraction of sp³-hybridized carbons (Fsp3) is 0.382. The summed E-state index contributed by atoms with van der Waals surface area (Å²) in [5.41, 5.74) is 5.39. The van der Waals surface area contributed by atoms with Gasteiger partial charge in [0.1, 0.15) is 18.2 Å². The Hall–Kier alpha value is -4.05. The number of methoxy groups -OCH3 is 1. The second kappa shape index (κ2) is 15.4. The summed E-state index contributed by atoms with van der Waals surface area (Å²) < 4.78 is 16.8. The van der Waals surface area contributed by atoms with Gasteiger partial charge < -0.3 is 24.4 Å². The molecule has 9 nitrogen and oxygen atoms in total. The van der Waals surface area contributed by atoms with Crippen LogP contribution in [0.4, 0.5) is 17.3 Å². The lowest BCUT2D eigenvalue weighted by Gasteiger charge is -2.34. The van der Waals surface area contributed by atoms with E-state index in [4.69, 9.17) is 24.2 Å². The number of hydrogen-bond acceptors (Lipinski definition) is 9. The fourth-order valence-electron chi connectivity index (χ4n) is 5.19. The molecule has 0 amide bonds. The maximum absolute atomic E-state index is 5.89. The predicted molar refractivity (Wildman–Crippen MR) is 171 cm³/mol. The zero-order valence-corrected chi connectivity index (χ0v) is 25.5. The molecule has 0 radical (unpaired) electrons. The van der Waals surface area contributed by atoms with E-state index in [9.17, 15) is 0 Å². The molecule has 2 aliphatic rings. The normalized spacial score (nSPS) is 14.8. The molecule has 6 rings (SSSR count). The Bertz CT molecular complexity index is 1430. The van der Waals surface area contributed by atoms with Gasteiger partial charge in [-0.05, 0) is 42.3 Å². The molecule has 226 valence electrons. The first-order valence-electron chi connectivity index (χ1n) is 15.2. The number of ether oxygens (including phenoxy) is 3. The molecular weight excluding hydrogens is 540 g/mol. The number of anilines is 3. The van der Waals surface area contributed by atoms with E-state index in [1.165, 1.54) is 5.56 Å². The lowest BCUT2D eigenvalue weighted by molar-refractivity contribution is 0.122. The van der Waals surface area contributed by atoms with Crippen LogP contribution in [0.25, 0.3) is 11.4 Å². The third-order valence-electron chi connectivity index (χ3n) is 7.41. The quantitative estimate of drug-likeness (QED) is 0.252. The standard InChI is InChI=1S/C32H36N6O3.C2H6/c1-39-19-16-37-15-14-27-28(22-37)34-31(36-32(27)38-17-20-40-21-18-38)25-10-12-26(13-11-25)33-29-8-5-9-30(35-29)41-23-24-6-3-2-4-7-24;1-2/h2-13H,14-23H2,1H3,(H,33,35);1-2H3. The third kappa shape index (κ3) is 8.07. The van der Waals surface area contributed by atoms with Crippen LogP contribution in [0.3, 0.4) is 0 Å². The van der Waals surface area contributed by atoms with Gasteiger partial charge in [-0.3, -0.25) is 4.90 Å². The number of rotatable bonds is 10. The molecule has 0 aliphatic carbocycles. The van der Waals surface area contributed by atoms with E-state index < -0.39 is 0 Å². The zero-order chi connectivity index (χ0) is 29.9. The molecule has 0 saturated carbocycles. The molecule has 43 heavy (non-hydrogen) atoms. The van der Waals surface area contributed by atoms with Crippen LogP contribution in [0.15, 0.2) is 72.8 Å². The zero-order valence-electron chi connectivity index (χ0n) is 25.5. The van der Waals surface area contributed by atoms with Crippen LogP contribution in [0, 0.1) is 0 Å². The number of hydrogen-bond donors (Lipinski definition) is 1. The summed E-state index contributed by atoms with van der Waals surface area (Å²) in [7, 11) is 1.75. The Morgan fingerprint density at radius 2 is 1.65 bits per heavy atom. The second-order valence-corrected chi connectivity index (χ2v) is 10.3. The minimum Gasteiger partial charge on any atom is -0.473 e. The van der Waals surface area contributed by atoms with Crippen LogP contribution in [-0.4, -0.2) is 73.0 Å². The third-order valence-corrected chi connectivity index (χ3v) is 7.41. The van der Waals surface area contributed by atoms with Crippen molar-refractivity contribution < 1.29 is 14.2 Å². The van der Waals surface area contributed by atoms with Crippen LogP contribution in [-0.2, 0) is 29.0 Å². The van der Waals surface area contributed by atoms with E-state index in [0.717, 1.165) is 98.9 Å². The van der Waals surface area contributed by atoms with Gasteiger partial charge in [-0.2, -0.15) is 4.98 Å². The average Bonchev–Trinajstić information content (AvgIpc) is 3.08. The molecule has 0 unspecified atom stereocenters. The van der Waals surface area contributed by atoms with Crippen molar-refractivity contribution in [1.29, 1.82) is 0 Å². The lowest BCUT2D eigenvalue weighted by atomic mass is 10.0. The molecule has 4 aromatic rings. The average molecular weight is 583 g/mol. The minimum atomic E-state index is 0.476. The van der Waals surface area contributed by atoms with Crippen molar-refractivity contribution in [3.05, 3.63) is 89.6 Å². The number of pyridine rings is 1. The number of aromatic nitrogens is 3. The van der Waals surface area contributed by atoms with Crippen LogP contribution >= 0.6 is 0 Å². The Balaban J connectivity index is 0.00000180. The summed E-state index contributed by atoms with van der Waals surface area (Å²) in [6, 6.07) is 24.0. The number of benzene rings is 2. The van der Waals surface area contributed by atoms with Crippen molar-refractivity contribution in [3.63, 3.8) is 0 Å². The molecule has 2 aliphatic heterocycles. The summed E-state index contributed by atoms with van der Waals surface area (Å²) in [6.45, 7) is 11.0. The Labute approximate surface area is 254 Å². The van der Waals surface area contributed by atoms with Crippen molar-refractivity contribution in [3.8, 4) is 17.3 Å². The summed E-state index contributed by atoms with van der Waals surface area (Å²) in [5, 5.41) is 3.39. The van der Waals surface area contributed by atoms with Crippen LogP contribution < -0.4 is 15.0 Å². The van der Waals surface area contributed by atoms with E-state index in [-0.39, 0.29) is 0 Å². The van der Waals surface area contributed by atoms with Gasteiger partial charge in [0.15, 0.2) is 5.82 Å². The van der Waals surface area contributed by atoms with E-state index in [1.807, 2.05) is 74.5 Å². The number of nitrogens with one attached hydrogen (secondary N) is 1. The second-order valence-electron chi connectivity index (χ2n) is 10.3. The van der Waals surface area contributed by atoms with Gasteiger partial charge in [0.05, 0.1) is 25.5 Å². The molecule has 1 fully saturated rings. The van der Waals surface area contributed by atoms with Crippen LogP contribution in [0.1, 0.15) is 30.7 Å². The molecule has 0 spiro atoms. The van der Waals surface area contributed by atoms with Crippen molar-refractivity contribution in [2.75, 3.05) is 63.3 Å². The summed E-state index contributed by atoms with van der Waals surface area (Å²) >= 11 is 0. The highest BCUT2D eigenvalue weighted by Gasteiger charge is 2.26. The van der Waals surface area contributed by atoms with E-state index in [0.29, 0.717) is 12.5 Å². The van der Waals surface area contributed by atoms with Crippen molar-refractivity contribution in [2.24, 2.45) is 0 Å². The van der Waals surface area contributed by atoms with Crippen molar-refractivity contribution >= 4 is 17.3 Å². The topological polar surface area (TPSA) is 84.9 Å². The predicted octanol–water partition coefficient (Wildman–Crippen LogP) is 5.73. The highest BCUT2D eigenvalue weighted by atomic mass is 16.5. The SMILES string of the molecule is CC.COCCN1CCc2c(nc(-c3ccc(Nc4cccc(OCc5ccccc5)n4)cc3)nc2N2CCOCC2)C1. The maximum Gasteiger partial charge on any atom is 0.215 e. The van der Waals surface area contributed by atoms with E-state index in [2.05, 4.69) is 32.2 Å². The van der Waals surface area contributed by atoms with E-state index >= 15 is 0 Å². The van der Waals surface area contributed by atoms with Gasteiger partial charge >= 0.3 is 0 Å². The van der Waals surface area contributed by atoms with Crippen molar-refractivity contribution in [2.45, 2.75) is 33.4 Å². The van der Waals surface area contributed by atoms with Gasteiger partial charge in [-0.15, -0.1) is 0 Å². The first-order chi connectivity index (χ1) is 21.2. The molecule has 2 aromatic carbocycles. The van der Waals surface area contributed by atoms with Gasteiger partial charge in [0, 0.05) is 62.7 Å². The molecule has 4 heterocycles. The molecule has 1 N–H and O–H groups in total. The van der Waals surface area contributed by atoms with E-state index in [1.54, 1.807) is 7.11 Å². The summed E-state index contributed by atoms with van der Waals surface area (Å²) in [5.74, 6) is 3.10. The fourth-order valence-corrected chi connectivity index (χ4v) is 5.19. The first kappa shape index (κ1) is 30.4. The number of morpholine rings is 1. The highest BCUT2D eigenvalue weighted by Crippen LogP contribution is 2.31. The number of fused-ring (bicyclic) bond motifs is 1. The lowest BCUT2D eigenvalue weighted by Crippen LogP contribution is -2.40. The van der Waals surface area contributed by atoms with Gasteiger partial charge in [-0.1, -0.05) is 50.2 Å². The number of nitrogens with zero attached hydrogens (tertiary/aromatic N) is 5. The van der Waals surface area contributed by atoms with Crippen LogP contribution in [0.5, 0.6) is 5.88 Å². The smallest absolute Gasteiger partial charge is 0.215 e. The van der Waals surface area contributed by atoms with Crippen molar-refractivity contribution in [1.82, 2.24) is 19.9 Å². The highest BCUT2D eigenvalue weighted by molar-refractivity contribution is 5.66. The Morgan fingerprint density at radius 3 is 2.42 bits per heavy atom. The molecule has 9 heteroatoms. The summed E-state index contributed by atoms with van der Waals surface area (Å²) in [4.78, 5) is 19.5. The van der Waals surface area contributed by atoms with Gasteiger partial charge in [0.25, 0.3) is 0 Å². The Kier molecular flexibility index (Phi) is 10.9. The summed E-state index contributed by atoms with van der Waals surface area (Å²) in [6.07, 6.45) is 0.940. The van der Waals surface area contributed by atoms with Gasteiger partial charge in [-0.25, -0.2) is 9.97 Å². The molecule has 2 aromatic heterocycles.